The van der Waals surface area contributed by atoms with Crippen molar-refractivity contribution in [2.75, 3.05) is 7.11 Å². The molecule has 90 valence electrons. The Bertz CT molecular complexity index is 315. The van der Waals surface area contributed by atoms with Gasteiger partial charge in [-0.1, -0.05) is 0 Å². The Morgan fingerprint density at radius 1 is 1.38 bits per heavy atom. The number of nitrogens with one attached hydrogen (secondary N) is 1. The van der Waals surface area contributed by atoms with Crippen molar-refractivity contribution in [3.8, 4) is 0 Å². The Balaban J connectivity index is 1.73. The second kappa shape index (κ2) is 5.80. The van der Waals surface area contributed by atoms with E-state index >= 15 is 0 Å². The van der Waals surface area contributed by atoms with Crippen LogP contribution in [0.5, 0.6) is 0 Å². The normalized spacial score (nSPS) is 25.9. The fraction of sp³-hybridized carbons (Fsp3) is 0.692. The number of methoxy groups -OCH3 is 1. The first-order chi connectivity index (χ1) is 7.79. The van der Waals surface area contributed by atoms with E-state index in [-0.39, 0.29) is 0 Å². The highest BCUT2D eigenvalue weighted by Gasteiger charge is 2.20. The lowest BCUT2D eigenvalue weighted by Crippen LogP contribution is -2.34. The van der Waals surface area contributed by atoms with Crippen molar-refractivity contribution in [2.24, 2.45) is 0 Å². The highest BCUT2D eigenvalue weighted by atomic mass is 32.1. The molecule has 16 heavy (non-hydrogen) atoms. The Morgan fingerprint density at radius 3 is 2.69 bits per heavy atom. The van der Waals surface area contributed by atoms with E-state index in [1.165, 1.54) is 36.1 Å². The largest absolute Gasteiger partial charge is 0.381 e. The lowest BCUT2D eigenvalue weighted by atomic mass is 9.93. The van der Waals surface area contributed by atoms with Gasteiger partial charge < -0.3 is 10.1 Å². The Morgan fingerprint density at radius 2 is 2.12 bits per heavy atom. The maximum absolute atomic E-state index is 5.38. The van der Waals surface area contributed by atoms with Crippen LogP contribution >= 0.6 is 11.3 Å². The van der Waals surface area contributed by atoms with E-state index in [1.54, 1.807) is 0 Å². The molecule has 1 aliphatic rings. The smallest absolute Gasteiger partial charge is 0.0572 e. The molecule has 1 aromatic heterocycles. The van der Waals surface area contributed by atoms with Crippen molar-refractivity contribution in [1.82, 2.24) is 5.32 Å². The van der Waals surface area contributed by atoms with Gasteiger partial charge in [0.15, 0.2) is 0 Å². The van der Waals surface area contributed by atoms with Crippen LogP contribution in [0, 0.1) is 6.92 Å². The quantitative estimate of drug-likeness (QED) is 0.871. The van der Waals surface area contributed by atoms with E-state index in [2.05, 4.69) is 23.7 Å². The summed E-state index contributed by atoms with van der Waals surface area (Å²) in [5.74, 6) is 0. The van der Waals surface area contributed by atoms with Gasteiger partial charge in [-0.3, -0.25) is 0 Å². The highest BCUT2D eigenvalue weighted by molar-refractivity contribution is 7.10. The molecule has 0 spiro atoms. The number of hydrogen-bond donors (Lipinski definition) is 1. The maximum Gasteiger partial charge on any atom is 0.0572 e. The van der Waals surface area contributed by atoms with Crippen LogP contribution in [0.2, 0.25) is 0 Å². The third-order valence-electron chi connectivity index (χ3n) is 3.53. The highest BCUT2D eigenvalue weighted by Crippen LogP contribution is 2.22. The summed E-state index contributed by atoms with van der Waals surface area (Å²) >= 11 is 1.86. The summed E-state index contributed by atoms with van der Waals surface area (Å²) in [5.41, 5.74) is 1.42. The minimum absolute atomic E-state index is 0.501. The molecule has 1 heterocycles. The third-order valence-corrected chi connectivity index (χ3v) is 4.55. The van der Waals surface area contributed by atoms with Crippen LogP contribution in [0.1, 0.15) is 36.1 Å². The Labute approximate surface area is 102 Å². The van der Waals surface area contributed by atoms with Crippen molar-refractivity contribution < 1.29 is 4.74 Å². The second-order valence-corrected chi connectivity index (χ2v) is 5.62. The standard InChI is InChI=1S/C13H21NOS/c1-10-7-8-16-13(10)9-14-11-3-5-12(15-2)6-4-11/h7-8,11-12,14H,3-6,9H2,1-2H3. The summed E-state index contributed by atoms with van der Waals surface area (Å²) in [6.07, 6.45) is 5.42. The number of rotatable bonds is 4. The van der Waals surface area contributed by atoms with E-state index in [4.69, 9.17) is 4.74 Å². The first-order valence-corrected chi connectivity index (χ1v) is 6.96. The summed E-state index contributed by atoms with van der Waals surface area (Å²) in [7, 11) is 1.83. The van der Waals surface area contributed by atoms with Gasteiger partial charge in [0.05, 0.1) is 6.10 Å². The molecule has 0 bridgehead atoms. The summed E-state index contributed by atoms with van der Waals surface area (Å²) in [6, 6.07) is 2.89. The number of thiophene rings is 1. The Kier molecular flexibility index (Phi) is 4.38. The molecule has 0 aliphatic heterocycles. The maximum atomic E-state index is 5.38. The van der Waals surface area contributed by atoms with E-state index in [0.29, 0.717) is 12.1 Å². The van der Waals surface area contributed by atoms with Crippen molar-refractivity contribution in [1.29, 1.82) is 0 Å². The molecule has 1 N–H and O–H groups in total. The predicted octanol–water partition coefficient (Wildman–Crippen LogP) is 3.10. The molecule has 2 nitrogen and oxygen atoms in total. The van der Waals surface area contributed by atoms with E-state index in [1.807, 2.05) is 18.4 Å². The molecule has 0 unspecified atom stereocenters. The summed E-state index contributed by atoms with van der Waals surface area (Å²) < 4.78 is 5.38. The lowest BCUT2D eigenvalue weighted by Gasteiger charge is -2.28. The van der Waals surface area contributed by atoms with Crippen molar-refractivity contribution in [3.05, 3.63) is 21.9 Å². The van der Waals surface area contributed by atoms with Crippen LogP contribution in [0.15, 0.2) is 11.4 Å². The number of ether oxygens (including phenoxy) is 1. The first-order valence-electron chi connectivity index (χ1n) is 6.08. The first kappa shape index (κ1) is 12.1. The summed E-state index contributed by atoms with van der Waals surface area (Å²) in [5, 5.41) is 5.84. The fourth-order valence-corrected chi connectivity index (χ4v) is 3.18. The van der Waals surface area contributed by atoms with Gasteiger partial charge in [0.25, 0.3) is 0 Å². The lowest BCUT2D eigenvalue weighted by molar-refractivity contribution is 0.0624. The zero-order valence-electron chi connectivity index (χ0n) is 10.2. The van der Waals surface area contributed by atoms with Gasteiger partial charge >= 0.3 is 0 Å². The average molecular weight is 239 g/mol. The molecule has 1 aromatic rings. The molecule has 3 heteroatoms. The summed E-state index contributed by atoms with van der Waals surface area (Å²) in [6.45, 7) is 3.22. The monoisotopic (exact) mass is 239 g/mol. The third kappa shape index (κ3) is 3.06. The molecule has 0 amide bonds. The molecule has 0 radical (unpaired) electrons. The summed E-state index contributed by atoms with van der Waals surface area (Å²) in [4.78, 5) is 1.48. The zero-order valence-corrected chi connectivity index (χ0v) is 11.0. The topological polar surface area (TPSA) is 21.3 Å². The van der Waals surface area contributed by atoms with Crippen LogP contribution in [-0.2, 0) is 11.3 Å². The Hall–Kier alpha value is -0.380. The average Bonchev–Trinajstić information content (AvgIpc) is 2.73. The van der Waals surface area contributed by atoms with Gasteiger partial charge in [-0.15, -0.1) is 11.3 Å². The molecule has 1 aliphatic carbocycles. The molecule has 2 rings (SSSR count). The molecule has 0 atom stereocenters. The van der Waals surface area contributed by atoms with Crippen molar-refractivity contribution in [2.45, 2.75) is 51.3 Å². The van der Waals surface area contributed by atoms with Crippen LogP contribution in [0.3, 0.4) is 0 Å². The SMILES string of the molecule is COC1CCC(NCc2sccc2C)CC1. The molecule has 0 saturated heterocycles. The minimum Gasteiger partial charge on any atom is -0.381 e. The van der Waals surface area contributed by atoms with Gasteiger partial charge in [0, 0.05) is 24.6 Å². The molecule has 1 saturated carbocycles. The van der Waals surface area contributed by atoms with Gasteiger partial charge in [0.2, 0.25) is 0 Å². The van der Waals surface area contributed by atoms with Crippen molar-refractivity contribution in [3.63, 3.8) is 0 Å². The van der Waals surface area contributed by atoms with Crippen LogP contribution < -0.4 is 5.32 Å². The minimum atomic E-state index is 0.501. The number of hydrogen-bond acceptors (Lipinski definition) is 3. The van der Waals surface area contributed by atoms with Crippen LogP contribution in [-0.4, -0.2) is 19.3 Å². The number of aryl methyl sites for hydroxylation is 1. The predicted molar refractivity (Wildman–Crippen MR) is 68.9 cm³/mol. The zero-order chi connectivity index (χ0) is 11.4. The molecule has 1 fully saturated rings. The molecular weight excluding hydrogens is 218 g/mol. The van der Waals surface area contributed by atoms with E-state index < -0.39 is 0 Å². The second-order valence-electron chi connectivity index (χ2n) is 4.62. The van der Waals surface area contributed by atoms with Gasteiger partial charge in [-0.2, -0.15) is 0 Å². The van der Waals surface area contributed by atoms with Gasteiger partial charge in [0.1, 0.15) is 0 Å². The van der Waals surface area contributed by atoms with Gasteiger partial charge in [-0.25, -0.2) is 0 Å². The van der Waals surface area contributed by atoms with Crippen molar-refractivity contribution >= 4 is 11.3 Å². The fourth-order valence-electron chi connectivity index (χ4n) is 2.32. The molecular formula is C13H21NOS. The molecule has 0 aromatic carbocycles. The van der Waals surface area contributed by atoms with Crippen LogP contribution in [0.4, 0.5) is 0 Å². The van der Waals surface area contributed by atoms with E-state index in [9.17, 15) is 0 Å². The van der Waals surface area contributed by atoms with Gasteiger partial charge in [-0.05, 0) is 49.6 Å². The van der Waals surface area contributed by atoms with Crippen LogP contribution in [0.25, 0.3) is 0 Å². The van der Waals surface area contributed by atoms with E-state index in [0.717, 1.165) is 6.54 Å².